The van der Waals surface area contributed by atoms with Crippen LogP contribution in [0.3, 0.4) is 0 Å². The third-order valence-corrected chi connectivity index (χ3v) is 4.70. The number of hydrogen-bond acceptors (Lipinski definition) is 4. The third-order valence-electron chi connectivity index (χ3n) is 4.70. The number of carbonyl (C=O) groups excluding carboxylic acids is 2. The Balaban J connectivity index is 1.67. The summed E-state index contributed by atoms with van der Waals surface area (Å²) in [5.41, 5.74) is 7.22. The molecule has 2 aromatic carbocycles. The van der Waals surface area contributed by atoms with Crippen LogP contribution < -0.4 is 15.8 Å². The topological polar surface area (TPSA) is 84.7 Å². The standard InChI is InChI=1S/C21H25N3O3/c1-15-9-11-16(12-10-15)27-19-8-3-2-6-17(19)23-20(25)14-24-13-5-4-7-18(24)21(22)26/h2-3,6,8-12,18H,4-5,7,13-14H2,1H3,(H2,22,26)(H,23,25)/t18-/m0/s1. The molecule has 1 saturated heterocycles. The summed E-state index contributed by atoms with van der Waals surface area (Å²) in [7, 11) is 0. The van der Waals surface area contributed by atoms with Crippen molar-refractivity contribution >= 4 is 17.5 Å². The summed E-state index contributed by atoms with van der Waals surface area (Å²) in [5, 5.41) is 2.89. The number of para-hydroxylation sites is 2. The molecule has 3 rings (SSSR count). The van der Waals surface area contributed by atoms with Crippen LogP contribution in [0.1, 0.15) is 24.8 Å². The molecule has 0 bridgehead atoms. The van der Waals surface area contributed by atoms with Crippen LogP contribution in [0.25, 0.3) is 0 Å². The number of ether oxygens (including phenoxy) is 1. The van der Waals surface area contributed by atoms with E-state index in [1.54, 1.807) is 6.07 Å². The molecule has 0 radical (unpaired) electrons. The molecule has 6 heteroatoms. The summed E-state index contributed by atoms with van der Waals surface area (Å²) in [6, 6.07) is 14.6. The maximum atomic E-state index is 12.5. The van der Waals surface area contributed by atoms with E-state index in [0.717, 1.165) is 18.4 Å². The van der Waals surface area contributed by atoms with E-state index in [4.69, 9.17) is 10.5 Å². The molecule has 0 saturated carbocycles. The maximum Gasteiger partial charge on any atom is 0.238 e. The molecule has 27 heavy (non-hydrogen) atoms. The molecule has 0 spiro atoms. The summed E-state index contributed by atoms with van der Waals surface area (Å²) >= 11 is 0. The summed E-state index contributed by atoms with van der Waals surface area (Å²) in [4.78, 5) is 26.0. The highest BCUT2D eigenvalue weighted by molar-refractivity contribution is 5.94. The Hall–Kier alpha value is -2.86. The van der Waals surface area contributed by atoms with Crippen LogP contribution in [0.4, 0.5) is 5.69 Å². The second kappa shape index (κ2) is 8.68. The maximum absolute atomic E-state index is 12.5. The molecule has 1 aliphatic heterocycles. The van der Waals surface area contributed by atoms with Gasteiger partial charge in [-0.15, -0.1) is 0 Å². The Morgan fingerprint density at radius 2 is 1.89 bits per heavy atom. The van der Waals surface area contributed by atoms with Gasteiger partial charge in [-0.1, -0.05) is 36.2 Å². The van der Waals surface area contributed by atoms with Crippen LogP contribution in [-0.2, 0) is 9.59 Å². The van der Waals surface area contributed by atoms with Crippen molar-refractivity contribution in [1.82, 2.24) is 4.90 Å². The number of piperidine rings is 1. The monoisotopic (exact) mass is 367 g/mol. The first-order chi connectivity index (χ1) is 13.0. The number of nitrogens with zero attached hydrogens (tertiary/aromatic N) is 1. The van der Waals surface area contributed by atoms with Gasteiger partial charge in [0.15, 0.2) is 5.75 Å². The molecular weight excluding hydrogens is 342 g/mol. The quantitative estimate of drug-likeness (QED) is 0.822. The van der Waals surface area contributed by atoms with Gasteiger partial charge in [0, 0.05) is 0 Å². The molecular formula is C21H25N3O3. The SMILES string of the molecule is Cc1ccc(Oc2ccccc2NC(=O)CN2CCCC[C@H]2C(N)=O)cc1. The minimum absolute atomic E-state index is 0.131. The Morgan fingerprint density at radius 3 is 2.63 bits per heavy atom. The second-order valence-corrected chi connectivity index (χ2v) is 6.84. The number of benzene rings is 2. The molecule has 142 valence electrons. The van der Waals surface area contributed by atoms with Gasteiger partial charge in [-0.3, -0.25) is 14.5 Å². The van der Waals surface area contributed by atoms with Crippen molar-refractivity contribution in [2.24, 2.45) is 5.73 Å². The smallest absolute Gasteiger partial charge is 0.238 e. The number of primary amides is 1. The average molecular weight is 367 g/mol. The predicted molar refractivity (Wildman–Crippen MR) is 105 cm³/mol. The summed E-state index contributed by atoms with van der Waals surface area (Å²) in [6.07, 6.45) is 2.62. The van der Waals surface area contributed by atoms with E-state index in [9.17, 15) is 9.59 Å². The summed E-state index contributed by atoms with van der Waals surface area (Å²) in [6.45, 7) is 2.84. The zero-order chi connectivity index (χ0) is 19.2. The van der Waals surface area contributed by atoms with Crippen LogP contribution in [0.5, 0.6) is 11.5 Å². The van der Waals surface area contributed by atoms with Gasteiger partial charge in [-0.05, 0) is 50.6 Å². The minimum atomic E-state index is -0.372. The lowest BCUT2D eigenvalue weighted by atomic mass is 10.0. The van der Waals surface area contributed by atoms with Gasteiger partial charge in [0.05, 0.1) is 18.3 Å². The number of aryl methyl sites for hydroxylation is 1. The van der Waals surface area contributed by atoms with Crippen LogP contribution in [-0.4, -0.2) is 35.8 Å². The van der Waals surface area contributed by atoms with Crippen LogP contribution in [0.15, 0.2) is 48.5 Å². The normalized spacial score (nSPS) is 17.3. The van der Waals surface area contributed by atoms with Gasteiger partial charge in [-0.25, -0.2) is 0 Å². The van der Waals surface area contributed by atoms with Crippen molar-refractivity contribution in [2.45, 2.75) is 32.2 Å². The van der Waals surface area contributed by atoms with E-state index in [2.05, 4.69) is 5.32 Å². The lowest BCUT2D eigenvalue weighted by molar-refractivity contribution is -0.126. The first-order valence-corrected chi connectivity index (χ1v) is 9.20. The Morgan fingerprint density at radius 1 is 1.15 bits per heavy atom. The van der Waals surface area contributed by atoms with Crippen molar-refractivity contribution in [2.75, 3.05) is 18.4 Å². The van der Waals surface area contributed by atoms with Gasteiger partial charge in [0.1, 0.15) is 5.75 Å². The largest absolute Gasteiger partial charge is 0.455 e. The highest BCUT2D eigenvalue weighted by Crippen LogP contribution is 2.29. The highest BCUT2D eigenvalue weighted by Gasteiger charge is 2.28. The molecule has 1 heterocycles. The Kier molecular flexibility index (Phi) is 6.08. The zero-order valence-electron chi connectivity index (χ0n) is 15.5. The number of rotatable bonds is 6. The van der Waals surface area contributed by atoms with E-state index in [1.165, 1.54) is 0 Å². The van der Waals surface area contributed by atoms with E-state index in [1.807, 2.05) is 54.3 Å². The lowest BCUT2D eigenvalue weighted by Gasteiger charge is -2.32. The number of anilines is 1. The Labute approximate surface area is 159 Å². The second-order valence-electron chi connectivity index (χ2n) is 6.84. The van der Waals surface area contributed by atoms with Crippen molar-refractivity contribution in [3.05, 3.63) is 54.1 Å². The molecule has 0 unspecified atom stereocenters. The molecule has 3 N–H and O–H groups in total. The minimum Gasteiger partial charge on any atom is -0.455 e. The number of amides is 2. The summed E-state index contributed by atoms with van der Waals surface area (Å²) < 4.78 is 5.91. The van der Waals surface area contributed by atoms with Crippen LogP contribution in [0, 0.1) is 6.92 Å². The van der Waals surface area contributed by atoms with Crippen molar-refractivity contribution in [1.29, 1.82) is 0 Å². The molecule has 1 aliphatic rings. The molecule has 1 fully saturated rings. The number of carbonyl (C=O) groups is 2. The lowest BCUT2D eigenvalue weighted by Crippen LogP contribution is -2.50. The molecule has 0 aliphatic carbocycles. The molecule has 2 amide bonds. The van der Waals surface area contributed by atoms with E-state index < -0.39 is 0 Å². The summed E-state index contributed by atoms with van der Waals surface area (Å²) in [5.74, 6) is 0.709. The predicted octanol–water partition coefficient (Wildman–Crippen LogP) is 3.07. The number of hydrogen-bond donors (Lipinski definition) is 2. The van der Waals surface area contributed by atoms with Gasteiger partial charge < -0.3 is 15.8 Å². The fourth-order valence-corrected chi connectivity index (χ4v) is 3.27. The highest BCUT2D eigenvalue weighted by atomic mass is 16.5. The molecule has 0 aromatic heterocycles. The van der Waals surface area contributed by atoms with Crippen LogP contribution >= 0.6 is 0 Å². The van der Waals surface area contributed by atoms with Gasteiger partial charge in [0.2, 0.25) is 11.8 Å². The van der Waals surface area contributed by atoms with Gasteiger partial charge in [0.25, 0.3) is 0 Å². The van der Waals surface area contributed by atoms with Crippen molar-refractivity contribution < 1.29 is 14.3 Å². The number of nitrogens with one attached hydrogen (secondary N) is 1. The number of nitrogens with two attached hydrogens (primary N) is 1. The Bertz CT molecular complexity index is 805. The van der Waals surface area contributed by atoms with Gasteiger partial charge in [-0.2, -0.15) is 0 Å². The van der Waals surface area contributed by atoms with E-state index in [-0.39, 0.29) is 24.4 Å². The molecule has 1 atom stereocenters. The number of likely N-dealkylation sites (tertiary alicyclic amines) is 1. The van der Waals surface area contributed by atoms with E-state index >= 15 is 0 Å². The van der Waals surface area contributed by atoms with Gasteiger partial charge >= 0.3 is 0 Å². The first-order valence-electron chi connectivity index (χ1n) is 9.20. The fourth-order valence-electron chi connectivity index (χ4n) is 3.27. The molecule has 6 nitrogen and oxygen atoms in total. The fraction of sp³-hybridized carbons (Fsp3) is 0.333. The third kappa shape index (κ3) is 5.08. The van der Waals surface area contributed by atoms with Crippen molar-refractivity contribution in [3.8, 4) is 11.5 Å². The van der Waals surface area contributed by atoms with Crippen LogP contribution in [0.2, 0.25) is 0 Å². The molecule has 2 aromatic rings. The van der Waals surface area contributed by atoms with Crippen molar-refractivity contribution in [3.63, 3.8) is 0 Å². The first kappa shape index (κ1) is 18.9. The zero-order valence-corrected chi connectivity index (χ0v) is 15.5. The average Bonchev–Trinajstić information content (AvgIpc) is 2.65. The van der Waals surface area contributed by atoms with E-state index in [0.29, 0.717) is 30.2 Å².